The van der Waals surface area contributed by atoms with E-state index in [1.54, 1.807) is 18.3 Å². The molecular formula is C12H13NO5. The van der Waals surface area contributed by atoms with Crippen LogP contribution in [0.5, 0.6) is 0 Å². The third-order valence-electron chi connectivity index (χ3n) is 3.14. The number of aromatic nitrogens is 1. The summed E-state index contributed by atoms with van der Waals surface area (Å²) in [5.41, 5.74) is 0.388. The Bertz CT molecular complexity index is 437. The van der Waals surface area contributed by atoms with E-state index < -0.39 is 24.3 Å². The van der Waals surface area contributed by atoms with E-state index in [2.05, 4.69) is 4.98 Å². The summed E-state index contributed by atoms with van der Waals surface area (Å²) in [4.78, 5) is 15.7. The number of esters is 1. The minimum atomic E-state index is -0.642. The largest absolute Gasteiger partial charge is 0.453 e. The first-order valence-corrected chi connectivity index (χ1v) is 5.78. The maximum atomic E-state index is 11.8. The second-order valence-electron chi connectivity index (χ2n) is 4.35. The zero-order chi connectivity index (χ0) is 12.5. The fourth-order valence-corrected chi connectivity index (χ4v) is 2.23. The van der Waals surface area contributed by atoms with Crippen LogP contribution < -0.4 is 0 Å². The van der Waals surface area contributed by atoms with Crippen LogP contribution >= 0.6 is 0 Å². The lowest BCUT2D eigenvalue weighted by atomic mass is 10.1. The lowest BCUT2D eigenvalue weighted by Gasteiger charge is -2.16. The SMILES string of the molecule is O=C(O[C@H]1CO[C@H]2[C@@H]1OC[C@H]2O)c1cccnc1. The Morgan fingerprint density at radius 1 is 1.39 bits per heavy atom. The van der Waals surface area contributed by atoms with E-state index in [0.29, 0.717) is 5.56 Å². The summed E-state index contributed by atoms with van der Waals surface area (Å²) in [5, 5.41) is 9.57. The van der Waals surface area contributed by atoms with Gasteiger partial charge in [-0.25, -0.2) is 4.79 Å². The third kappa shape index (κ3) is 1.98. The van der Waals surface area contributed by atoms with Gasteiger partial charge in [-0.05, 0) is 12.1 Å². The number of hydrogen-bond donors (Lipinski definition) is 1. The number of rotatable bonds is 2. The number of carbonyl (C=O) groups excluding carboxylic acids is 1. The normalized spacial score (nSPS) is 34.3. The van der Waals surface area contributed by atoms with Crippen LogP contribution in [0.25, 0.3) is 0 Å². The molecule has 0 aliphatic carbocycles. The number of aliphatic hydroxyl groups is 1. The third-order valence-corrected chi connectivity index (χ3v) is 3.14. The van der Waals surface area contributed by atoms with Gasteiger partial charge in [0.05, 0.1) is 18.8 Å². The summed E-state index contributed by atoms with van der Waals surface area (Å²) in [6, 6.07) is 3.30. The van der Waals surface area contributed by atoms with Gasteiger partial charge in [0.15, 0.2) is 6.10 Å². The molecule has 2 aliphatic rings. The zero-order valence-electron chi connectivity index (χ0n) is 9.56. The number of ether oxygens (including phenoxy) is 3. The standard InChI is InChI=1S/C12H13NO5/c14-8-5-16-11-9(6-17-10(8)11)18-12(15)7-2-1-3-13-4-7/h1-4,8-11,14H,5-6H2/t8-,9+,10-,11-/m1/s1. The molecule has 1 aromatic rings. The molecule has 1 aromatic heterocycles. The number of nitrogens with zero attached hydrogens (tertiary/aromatic N) is 1. The minimum absolute atomic E-state index is 0.219. The van der Waals surface area contributed by atoms with E-state index in [1.807, 2.05) is 0 Å². The van der Waals surface area contributed by atoms with Crippen molar-refractivity contribution in [3.8, 4) is 0 Å². The minimum Gasteiger partial charge on any atom is -0.453 e. The highest BCUT2D eigenvalue weighted by molar-refractivity contribution is 5.89. The van der Waals surface area contributed by atoms with Gasteiger partial charge < -0.3 is 19.3 Å². The highest BCUT2D eigenvalue weighted by Gasteiger charge is 2.48. The number of aliphatic hydroxyl groups excluding tert-OH is 1. The Hall–Kier alpha value is -1.50. The van der Waals surface area contributed by atoms with Crippen LogP contribution in [0, 0.1) is 0 Å². The van der Waals surface area contributed by atoms with E-state index in [4.69, 9.17) is 14.2 Å². The number of pyridine rings is 1. The van der Waals surface area contributed by atoms with Crippen molar-refractivity contribution < 1.29 is 24.1 Å². The molecule has 0 radical (unpaired) electrons. The number of fused-ring (bicyclic) bond motifs is 1. The van der Waals surface area contributed by atoms with Gasteiger partial charge in [-0.15, -0.1) is 0 Å². The topological polar surface area (TPSA) is 77.9 Å². The first-order chi connectivity index (χ1) is 8.75. The molecule has 0 saturated carbocycles. The van der Waals surface area contributed by atoms with Crippen LogP contribution in [-0.4, -0.2) is 53.7 Å². The van der Waals surface area contributed by atoms with Crippen molar-refractivity contribution in [1.29, 1.82) is 0 Å². The van der Waals surface area contributed by atoms with Gasteiger partial charge in [0, 0.05) is 12.4 Å². The molecular weight excluding hydrogens is 238 g/mol. The summed E-state index contributed by atoms with van der Waals surface area (Å²) >= 11 is 0. The van der Waals surface area contributed by atoms with E-state index >= 15 is 0 Å². The lowest BCUT2D eigenvalue weighted by molar-refractivity contribution is -0.0209. The summed E-state index contributed by atoms with van der Waals surface area (Å²) in [6.45, 7) is 0.467. The monoisotopic (exact) mass is 251 g/mol. The van der Waals surface area contributed by atoms with Gasteiger partial charge in [0.1, 0.15) is 18.3 Å². The summed E-state index contributed by atoms with van der Waals surface area (Å²) < 4.78 is 16.1. The summed E-state index contributed by atoms with van der Waals surface area (Å²) in [7, 11) is 0. The van der Waals surface area contributed by atoms with Crippen molar-refractivity contribution in [3.63, 3.8) is 0 Å². The molecule has 2 saturated heterocycles. The van der Waals surface area contributed by atoms with Gasteiger partial charge in [-0.3, -0.25) is 4.98 Å². The van der Waals surface area contributed by atoms with Crippen molar-refractivity contribution in [2.75, 3.05) is 13.2 Å². The Morgan fingerprint density at radius 3 is 3.00 bits per heavy atom. The maximum absolute atomic E-state index is 11.8. The molecule has 6 heteroatoms. The molecule has 0 bridgehead atoms. The van der Waals surface area contributed by atoms with E-state index in [0.717, 1.165) is 0 Å². The van der Waals surface area contributed by atoms with Crippen molar-refractivity contribution in [3.05, 3.63) is 30.1 Å². The zero-order valence-corrected chi connectivity index (χ0v) is 9.56. The second kappa shape index (κ2) is 4.64. The predicted molar refractivity (Wildman–Crippen MR) is 58.9 cm³/mol. The number of carbonyl (C=O) groups is 1. The fourth-order valence-electron chi connectivity index (χ4n) is 2.23. The van der Waals surface area contributed by atoms with Crippen LogP contribution in [0.15, 0.2) is 24.5 Å². The molecule has 3 heterocycles. The Labute approximate surface area is 103 Å². The quantitative estimate of drug-likeness (QED) is 0.731. The van der Waals surface area contributed by atoms with Crippen molar-refractivity contribution >= 4 is 5.97 Å². The van der Waals surface area contributed by atoms with Gasteiger partial charge in [-0.1, -0.05) is 0 Å². The van der Waals surface area contributed by atoms with Crippen molar-refractivity contribution in [2.24, 2.45) is 0 Å². The molecule has 3 rings (SSSR count). The van der Waals surface area contributed by atoms with Crippen LogP contribution in [0.3, 0.4) is 0 Å². The van der Waals surface area contributed by atoms with Gasteiger partial charge in [0.2, 0.25) is 0 Å². The molecule has 0 aromatic carbocycles. The van der Waals surface area contributed by atoms with Gasteiger partial charge >= 0.3 is 5.97 Å². The molecule has 4 atom stereocenters. The van der Waals surface area contributed by atoms with Crippen LogP contribution in [0.4, 0.5) is 0 Å². The van der Waals surface area contributed by atoms with Crippen LogP contribution in [0.1, 0.15) is 10.4 Å². The summed E-state index contributed by atoms with van der Waals surface area (Å²) in [5.74, 6) is -0.456. The van der Waals surface area contributed by atoms with Gasteiger partial charge in [-0.2, -0.15) is 0 Å². The average molecular weight is 251 g/mol. The average Bonchev–Trinajstić information content (AvgIpc) is 2.95. The molecule has 1 N–H and O–H groups in total. The first kappa shape index (κ1) is 11.6. The molecule has 2 fully saturated rings. The van der Waals surface area contributed by atoms with Crippen LogP contribution in [0.2, 0.25) is 0 Å². The smallest absolute Gasteiger partial charge is 0.340 e. The molecule has 2 aliphatic heterocycles. The predicted octanol–water partition coefficient (Wildman–Crippen LogP) is -0.235. The van der Waals surface area contributed by atoms with E-state index in [9.17, 15) is 9.90 Å². The number of hydrogen-bond acceptors (Lipinski definition) is 6. The molecule has 6 nitrogen and oxygen atoms in total. The highest BCUT2D eigenvalue weighted by atomic mass is 16.6. The Balaban J connectivity index is 1.66. The van der Waals surface area contributed by atoms with Crippen LogP contribution in [-0.2, 0) is 14.2 Å². The maximum Gasteiger partial charge on any atom is 0.340 e. The molecule has 0 amide bonds. The van der Waals surface area contributed by atoms with Crippen molar-refractivity contribution in [1.82, 2.24) is 4.98 Å². The molecule has 0 spiro atoms. The van der Waals surface area contributed by atoms with E-state index in [-0.39, 0.29) is 19.3 Å². The van der Waals surface area contributed by atoms with Gasteiger partial charge in [0.25, 0.3) is 0 Å². The molecule has 0 unspecified atom stereocenters. The van der Waals surface area contributed by atoms with E-state index in [1.165, 1.54) is 6.20 Å². The second-order valence-corrected chi connectivity index (χ2v) is 4.35. The Kier molecular flexibility index (Phi) is 2.99. The first-order valence-electron chi connectivity index (χ1n) is 5.78. The Morgan fingerprint density at radius 2 is 2.22 bits per heavy atom. The lowest BCUT2D eigenvalue weighted by Crippen LogP contribution is -2.34. The highest BCUT2D eigenvalue weighted by Crippen LogP contribution is 2.29. The fraction of sp³-hybridized carbons (Fsp3) is 0.500. The molecule has 18 heavy (non-hydrogen) atoms. The van der Waals surface area contributed by atoms with Crippen molar-refractivity contribution in [2.45, 2.75) is 24.4 Å². The summed E-state index contributed by atoms with van der Waals surface area (Å²) in [6.07, 6.45) is 1.15. The molecule has 96 valence electrons.